The van der Waals surface area contributed by atoms with Crippen LogP contribution in [-0.2, 0) is 6.67 Å². The van der Waals surface area contributed by atoms with E-state index in [1.165, 1.54) is 12.1 Å². The van der Waals surface area contributed by atoms with Crippen LogP contribution < -0.4 is 5.32 Å². The number of hydrogen-bond donors (Lipinski definition) is 3. The second-order valence-electron chi connectivity index (χ2n) is 6.89. The molecule has 0 spiro atoms. The highest BCUT2D eigenvalue weighted by Gasteiger charge is 2.13. The molecule has 0 saturated heterocycles. The van der Waals surface area contributed by atoms with Gasteiger partial charge in [-0.15, -0.1) is 0 Å². The van der Waals surface area contributed by atoms with E-state index >= 15 is 0 Å². The Morgan fingerprint density at radius 3 is 2.33 bits per heavy atom. The minimum atomic E-state index is -1.01. The summed E-state index contributed by atoms with van der Waals surface area (Å²) in [5.41, 5.74) is 1.92. The van der Waals surface area contributed by atoms with Crippen molar-refractivity contribution in [2.24, 2.45) is 0 Å². The summed E-state index contributed by atoms with van der Waals surface area (Å²) in [4.78, 5) is 27.4. The summed E-state index contributed by atoms with van der Waals surface area (Å²) >= 11 is 0. The van der Waals surface area contributed by atoms with E-state index in [4.69, 9.17) is 5.11 Å². The van der Waals surface area contributed by atoms with Crippen molar-refractivity contribution in [3.63, 3.8) is 0 Å². The van der Waals surface area contributed by atoms with Crippen LogP contribution in [0.2, 0.25) is 0 Å². The number of nitrogens with one attached hydrogen (secondary N) is 1. The third-order valence-corrected chi connectivity index (χ3v) is 4.90. The molecule has 30 heavy (non-hydrogen) atoms. The van der Waals surface area contributed by atoms with Gasteiger partial charge in [0.05, 0.1) is 18.6 Å². The zero-order chi connectivity index (χ0) is 21.1. The lowest BCUT2D eigenvalue weighted by Crippen LogP contribution is -2.25. The topological polar surface area (TPSA) is 104 Å². The summed E-state index contributed by atoms with van der Waals surface area (Å²) in [5, 5.41) is 24.3. The normalized spacial score (nSPS) is 11.9. The van der Waals surface area contributed by atoms with Gasteiger partial charge in [0.25, 0.3) is 5.91 Å². The maximum atomic E-state index is 12.5. The summed E-state index contributed by atoms with van der Waals surface area (Å²) in [7, 11) is 0. The molecule has 4 aromatic rings. The van der Waals surface area contributed by atoms with E-state index in [-0.39, 0.29) is 11.5 Å². The van der Waals surface area contributed by atoms with Gasteiger partial charge in [-0.3, -0.25) is 4.79 Å². The first-order chi connectivity index (χ1) is 14.5. The average molecular weight is 401 g/mol. The highest BCUT2D eigenvalue weighted by Crippen LogP contribution is 2.26. The van der Waals surface area contributed by atoms with Crippen molar-refractivity contribution >= 4 is 22.6 Å². The largest absolute Gasteiger partial charge is 0.478 e. The molecule has 0 aliphatic carbocycles. The second kappa shape index (κ2) is 8.18. The molecule has 1 unspecified atom stereocenters. The van der Waals surface area contributed by atoms with Gasteiger partial charge < -0.3 is 20.1 Å². The van der Waals surface area contributed by atoms with Crippen molar-refractivity contribution in [1.82, 2.24) is 14.9 Å². The quantitative estimate of drug-likeness (QED) is 0.460. The Labute approximate surface area is 172 Å². The van der Waals surface area contributed by atoms with E-state index in [9.17, 15) is 14.7 Å². The van der Waals surface area contributed by atoms with Gasteiger partial charge in [-0.05, 0) is 52.2 Å². The van der Waals surface area contributed by atoms with E-state index in [0.29, 0.717) is 23.4 Å². The minimum absolute atomic E-state index is 0.163. The van der Waals surface area contributed by atoms with Crippen LogP contribution in [0.15, 0.2) is 79.4 Å². The number of benzene rings is 3. The first-order valence-corrected chi connectivity index (χ1v) is 9.30. The SMILES string of the molecule is O=C(O)c1ccc(C(O)c2ccc3ccc(C(=O)NCn4ccnc4)cc3c2)cc1. The summed E-state index contributed by atoms with van der Waals surface area (Å²) in [5.74, 6) is -1.22. The molecule has 150 valence electrons. The Morgan fingerprint density at radius 1 is 0.933 bits per heavy atom. The monoisotopic (exact) mass is 401 g/mol. The molecule has 0 aliphatic heterocycles. The molecule has 7 heteroatoms. The number of aliphatic hydroxyl groups excluding tert-OH is 1. The number of carbonyl (C=O) groups is 2. The highest BCUT2D eigenvalue weighted by atomic mass is 16.4. The molecule has 1 atom stereocenters. The van der Waals surface area contributed by atoms with Crippen molar-refractivity contribution in [3.8, 4) is 0 Å². The zero-order valence-corrected chi connectivity index (χ0v) is 15.9. The predicted molar refractivity (Wildman–Crippen MR) is 111 cm³/mol. The molecule has 3 N–H and O–H groups in total. The van der Waals surface area contributed by atoms with Crippen molar-refractivity contribution in [2.45, 2.75) is 12.8 Å². The summed E-state index contributed by atoms with van der Waals surface area (Å²) in [6, 6.07) is 17.0. The maximum Gasteiger partial charge on any atom is 0.335 e. The number of rotatable bonds is 6. The maximum absolute atomic E-state index is 12.5. The number of amides is 1. The Kier molecular flexibility index (Phi) is 5.28. The predicted octanol–water partition coefficient (Wildman–Crippen LogP) is 3.20. The Bertz CT molecular complexity index is 1200. The lowest BCUT2D eigenvalue weighted by Gasteiger charge is -2.13. The van der Waals surface area contributed by atoms with E-state index in [2.05, 4.69) is 10.3 Å². The number of carboxylic acid groups (broad SMARTS) is 1. The fourth-order valence-corrected chi connectivity index (χ4v) is 3.22. The number of imidazole rings is 1. The average Bonchev–Trinajstić information content (AvgIpc) is 3.30. The first-order valence-electron chi connectivity index (χ1n) is 9.30. The van der Waals surface area contributed by atoms with Gasteiger partial charge >= 0.3 is 5.97 Å². The Balaban J connectivity index is 1.56. The standard InChI is InChI=1S/C23H19N3O4/c27-21(16-3-5-17(6-4-16)23(29)30)18-7-1-15-2-8-19(12-20(15)11-18)22(28)25-14-26-10-9-24-13-26/h1-13,21,27H,14H2,(H,25,28)(H,29,30). The van der Waals surface area contributed by atoms with Gasteiger partial charge in [0, 0.05) is 18.0 Å². The molecular formula is C23H19N3O4. The number of fused-ring (bicyclic) bond motifs is 1. The minimum Gasteiger partial charge on any atom is -0.478 e. The number of aliphatic hydroxyl groups is 1. The van der Waals surface area contributed by atoms with Crippen molar-refractivity contribution < 1.29 is 19.8 Å². The van der Waals surface area contributed by atoms with Gasteiger partial charge in [0.1, 0.15) is 6.10 Å². The van der Waals surface area contributed by atoms with Crippen molar-refractivity contribution in [1.29, 1.82) is 0 Å². The van der Waals surface area contributed by atoms with Crippen LogP contribution in [0.1, 0.15) is 37.9 Å². The van der Waals surface area contributed by atoms with Crippen LogP contribution >= 0.6 is 0 Å². The number of carboxylic acids is 1. The van der Waals surface area contributed by atoms with Gasteiger partial charge in [-0.1, -0.05) is 30.3 Å². The second-order valence-corrected chi connectivity index (χ2v) is 6.89. The number of hydrogen-bond acceptors (Lipinski definition) is 4. The first kappa shape index (κ1) is 19.4. The van der Waals surface area contributed by atoms with Gasteiger partial charge in [0.2, 0.25) is 0 Å². The van der Waals surface area contributed by atoms with Gasteiger partial charge in [0.15, 0.2) is 0 Å². The molecule has 0 aliphatic rings. The molecule has 0 radical (unpaired) electrons. The van der Waals surface area contributed by atoms with Crippen LogP contribution in [0.4, 0.5) is 0 Å². The molecule has 1 heterocycles. The Morgan fingerprint density at radius 2 is 1.63 bits per heavy atom. The molecular weight excluding hydrogens is 382 g/mol. The molecule has 1 aromatic heterocycles. The van der Waals surface area contributed by atoms with Gasteiger partial charge in [-0.2, -0.15) is 0 Å². The smallest absolute Gasteiger partial charge is 0.335 e. The van der Waals surface area contributed by atoms with Gasteiger partial charge in [-0.25, -0.2) is 9.78 Å². The Hall–Kier alpha value is -3.97. The number of nitrogens with zero attached hydrogens (tertiary/aromatic N) is 2. The molecule has 0 fully saturated rings. The number of aromatic nitrogens is 2. The molecule has 1 amide bonds. The zero-order valence-electron chi connectivity index (χ0n) is 15.9. The van der Waals surface area contributed by atoms with Crippen molar-refractivity contribution in [2.75, 3.05) is 0 Å². The number of aromatic carboxylic acids is 1. The summed E-state index contributed by atoms with van der Waals surface area (Å²) in [6.07, 6.45) is 4.12. The summed E-state index contributed by atoms with van der Waals surface area (Å²) in [6.45, 7) is 0.321. The molecule has 3 aromatic carbocycles. The fourth-order valence-electron chi connectivity index (χ4n) is 3.22. The van der Waals surface area contributed by atoms with Crippen LogP contribution in [0.3, 0.4) is 0 Å². The molecule has 0 saturated carbocycles. The van der Waals surface area contributed by atoms with E-state index in [1.54, 1.807) is 47.6 Å². The third kappa shape index (κ3) is 4.06. The molecule has 0 bridgehead atoms. The molecule has 7 nitrogen and oxygen atoms in total. The lowest BCUT2D eigenvalue weighted by molar-refractivity contribution is 0.0696. The van der Waals surface area contributed by atoms with Crippen LogP contribution in [0, 0.1) is 0 Å². The van der Waals surface area contributed by atoms with E-state index in [0.717, 1.165) is 10.8 Å². The van der Waals surface area contributed by atoms with Crippen molar-refractivity contribution in [3.05, 3.63) is 102 Å². The third-order valence-electron chi connectivity index (χ3n) is 4.90. The van der Waals surface area contributed by atoms with E-state index < -0.39 is 12.1 Å². The van der Waals surface area contributed by atoms with E-state index in [1.807, 2.05) is 24.3 Å². The summed E-state index contributed by atoms with van der Waals surface area (Å²) < 4.78 is 1.75. The lowest BCUT2D eigenvalue weighted by atomic mass is 9.97. The van der Waals surface area contributed by atoms with Crippen LogP contribution in [0.25, 0.3) is 10.8 Å². The fraction of sp³-hybridized carbons (Fsp3) is 0.0870. The number of carbonyl (C=O) groups excluding carboxylic acids is 1. The molecule has 4 rings (SSSR count). The van der Waals surface area contributed by atoms with Crippen LogP contribution in [0.5, 0.6) is 0 Å². The highest BCUT2D eigenvalue weighted by molar-refractivity contribution is 5.98. The van der Waals surface area contributed by atoms with Crippen LogP contribution in [-0.4, -0.2) is 31.6 Å².